The summed E-state index contributed by atoms with van der Waals surface area (Å²) in [5, 5.41) is 6.42. The Labute approximate surface area is 142 Å². The average Bonchev–Trinajstić information content (AvgIpc) is 2.64. The van der Waals surface area contributed by atoms with E-state index in [9.17, 15) is 0 Å². The Kier molecular flexibility index (Phi) is 7.56. The van der Waals surface area contributed by atoms with Crippen molar-refractivity contribution in [2.75, 3.05) is 27.3 Å². The van der Waals surface area contributed by atoms with E-state index in [1.54, 1.807) is 20.4 Å². The molecule has 0 saturated heterocycles. The van der Waals surface area contributed by atoms with Crippen molar-refractivity contribution >= 4 is 5.96 Å². The van der Waals surface area contributed by atoms with Crippen LogP contribution < -0.4 is 15.4 Å². The highest BCUT2D eigenvalue weighted by Gasteiger charge is 2.06. The van der Waals surface area contributed by atoms with E-state index in [2.05, 4.69) is 20.6 Å². The lowest BCUT2D eigenvalue weighted by atomic mass is 10.2. The molecule has 0 spiro atoms. The van der Waals surface area contributed by atoms with Crippen molar-refractivity contribution in [3.8, 4) is 5.88 Å². The number of benzene rings is 1. The Morgan fingerprint density at radius 3 is 2.71 bits per heavy atom. The molecule has 0 unspecified atom stereocenters. The summed E-state index contributed by atoms with van der Waals surface area (Å²) in [6.07, 6.45) is 1.73. The summed E-state index contributed by atoms with van der Waals surface area (Å²) in [5.74, 6) is 1.34. The highest BCUT2D eigenvalue weighted by atomic mass is 16.5. The summed E-state index contributed by atoms with van der Waals surface area (Å²) in [7, 11) is 3.40. The van der Waals surface area contributed by atoms with Gasteiger partial charge >= 0.3 is 0 Å². The second-order valence-electron chi connectivity index (χ2n) is 5.09. The SMILES string of the molecule is CN=C(NCCOC)NCc1cccnc1OCc1ccccc1. The number of ether oxygens (including phenoxy) is 2. The molecule has 2 aromatic rings. The van der Waals surface area contributed by atoms with Crippen LogP contribution in [-0.2, 0) is 17.9 Å². The topological polar surface area (TPSA) is 67.8 Å². The molecule has 6 nitrogen and oxygen atoms in total. The average molecular weight is 328 g/mol. The van der Waals surface area contributed by atoms with Gasteiger partial charge in [-0.05, 0) is 11.6 Å². The summed E-state index contributed by atoms with van der Waals surface area (Å²) < 4.78 is 10.9. The number of aromatic nitrogens is 1. The molecule has 6 heteroatoms. The first-order valence-electron chi connectivity index (χ1n) is 7.87. The summed E-state index contributed by atoms with van der Waals surface area (Å²) in [4.78, 5) is 8.51. The monoisotopic (exact) mass is 328 g/mol. The molecular weight excluding hydrogens is 304 g/mol. The molecule has 24 heavy (non-hydrogen) atoms. The first-order chi connectivity index (χ1) is 11.8. The molecule has 0 saturated carbocycles. The third kappa shape index (κ3) is 5.89. The lowest BCUT2D eigenvalue weighted by molar-refractivity contribution is 0.203. The number of hydrogen-bond donors (Lipinski definition) is 2. The Morgan fingerprint density at radius 2 is 1.96 bits per heavy atom. The second-order valence-corrected chi connectivity index (χ2v) is 5.09. The van der Waals surface area contributed by atoms with Gasteiger partial charge in [0.15, 0.2) is 5.96 Å². The summed E-state index contributed by atoms with van der Waals surface area (Å²) >= 11 is 0. The molecule has 0 aliphatic carbocycles. The van der Waals surface area contributed by atoms with Gasteiger partial charge in [-0.1, -0.05) is 36.4 Å². The van der Waals surface area contributed by atoms with E-state index in [1.165, 1.54) is 0 Å². The number of guanidine groups is 1. The van der Waals surface area contributed by atoms with E-state index in [0.717, 1.165) is 11.1 Å². The van der Waals surface area contributed by atoms with Gasteiger partial charge in [-0.25, -0.2) is 4.98 Å². The molecule has 128 valence electrons. The van der Waals surface area contributed by atoms with Crippen LogP contribution in [0, 0.1) is 0 Å². The van der Waals surface area contributed by atoms with Crippen LogP contribution in [-0.4, -0.2) is 38.3 Å². The lowest BCUT2D eigenvalue weighted by Gasteiger charge is -2.14. The Balaban J connectivity index is 1.90. The van der Waals surface area contributed by atoms with Crippen LogP contribution in [0.1, 0.15) is 11.1 Å². The normalized spacial score (nSPS) is 11.2. The third-order valence-electron chi connectivity index (χ3n) is 3.34. The molecular formula is C18H24N4O2. The Bertz CT molecular complexity index is 632. The van der Waals surface area contributed by atoms with Gasteiger partial charge in [0.05, 0.1) is 6.61 Å². The van der Waals surface area contributed by atoms with Crippen molar-refractivity contribution < 1.29 is 9.47 Å². The maximum Gasteiger partial charge on any atom is 0.218 e. The van der Waals surface area contributed by atoms with Crippen molar-refractivity contribution in [1.29, 1.82) is 0 Å². The van der Waals surface area contributed by atoms with Crippen molar-refractivity contribution in [3.63, 3.8) is 0 Å². The molecule has 0 radical (unpaired) electrons. The lowest BCUT2D eigenvalue weighted by Crippen LogP contribution is -2.38. The van der Waals surface area contributed by atoms with Gasteiger partial charge in [0.2, 0.25) is 5.88 Å². The summed E-state index contributed by atoms with van der Waals surface area (Å²) in [6, 6.07) is 13.9. The molecule has 1 aromatic heterocycles. The van der Waals surface area contributed by atoms with Crippen molar-refractivity contribution in [2.24, 2.45) is 4.99 Å². The highest BCUT2D eigenvalue weighted by Crippen LogP contribution is 2.15. The van der Waals surface area contributed by atoms with Crippen LogP contribution in [0.3, 0.4) is 0 Å². The largest absolute Gasteiger partial charge is 0.473 e. The van der Waals surface area contributed by atoms with Gasteiger partial charge in [0.1, 0.15) is 6.61 Å². The first kappa shape index (κ1) is 17.7. The van der Waals surface area contributed by atoms with E-state index >= 15 is 0 Å². The summed E-state index contributed by atoms with van der Waals surface area (Å²) in [5.41, 5.74) is 2.09. The molecule has 0 amide bonds. The van der Waals surface area contributed by atoms with Crippen molar-refractivity contribution in [3.05, 3.63) is 59.8 Å². The maximum absolute atomic E-state index is 5.86. The van der Waals surface area contributed by atoms with Crippen LogP contribution in [0.2, 0.25) is 0 Å². The predicted molar refractivity (Wildman–Crippen MR) is 95.1 cm³/mol. The number of pyridine rings is 1. The highest BCUT2D eigenvalue weighted by molar-refractivity contribution is 5.79. The van der Waals surface area contributed by atoms with Crippen LogP contribution in [0.25, 0.3) is 0 Å². The number of rotatable bonds is 8. The van der Waals surface area contributed by atoms with Crippen molar-refractivity contribution in [1.82, 2.24) is 15.6 Å². The molecule has 0 fully saturated rings. The summed E-state index contributed by atoms with van der Waals surface area (Å²) in [6.45, 7) is 2.38. The van der Waals surface area contributed by atoms with Crippen LogP contribution >= 0.6 is 0 Å². The fourth-order valence-electron chi connectivity index (χ4n) is 2.09. The van der Waals surface area contributed by atoms with Gasteiger partial charge in [0, 0.05) is 39.0 Å². The molecule has 0 aliphatic heterocycles. The van der Waals surface area contributed by atoms with Gasteiger partial charge in [-0.15, -0.1) is 0 Å². The van der Waals surface area contributed by atoms with E-state index in [1.807, 2.05) is 42.5 Å². The quantitative estimate of drug-likeness (QED) is 0.440. The standard InChI is InChI=1S/C18H24N4O2/c1-19-18(21-11-12-23-2)22-13-16-9-6-10-20-17(16)24-14-15-7-4-3-5-8-15/h3-10H,11-14H2,1-2H3,(H2,19,21,22). The predicted octanol–water partition coefficient (Wildman–Crippen LogP) is 1.97. The maximum atomic E-state index is 5.86. The Hall–Kier alpha value is -2.60. The van der Waals surface area contributed by atoms with E-state index in [0.29, 0.717) is 38.1 Å². The Morgan fingerprint density at radius 1 is 1.12 bits per heavy atom. The van der Waals surface area contributed by atoms with E-state index in [-0.39, 0.29) is 0 Å². The second kappa shape index (κ2) is 10.2. The molecule has 0 aliphatic rings. The van der Waals surface area contributed by atoms with Crippen molar-refractivity contribution in [2.45, 2.75) is 13.2 Å². The number of hydrogen-bond acceptors (Lipinski definition) is 4. The molecule has 2 rings (SSSR count). The fourth-order valence-corrected chi connectivity index (χ4v) is 2.09. The third-order valence-corrected chi connectivity index (χ3v) is 3.34. The van der Waals surface area contributed by atoms with Crippen LogP contribution in [0.15, 0.2) is 53.7 Å². The van der Waals surface area contributed by atoms with E-state index in [4.69, 9.17) is 9.47 Å². The molecule has 0 atom stereocenters. The zero-order valence-corrected chi connectivity index (χ0v) is 14.2. The molecule has 1 aromatic carbocycles. The fraction of sp³-hybridized carbons (Fsp3) is 0.333. The zero-order chi connectivity index (χ0) is 17.0. The van der Waals surface area contributed by atoms with Gasteiger partial charge in [0.25, 0.3) is 0 Å². The minimum Gasteiger partial charge on any atom is -0.473 e. The van der Waals surface area contributed by atoms with E-state index < -0.39 is 0 Å². The number of aliphatic imine (C=N–C) groups is 1. The molecule has 0 bridgehead atoms. The number of nitrogens with one attached hydrogen (secondary N) is 2. The zero-order valence-electron chi connectivity index (χ0n) is 14.2. The van der Waals surface area contributed by atoms with Gasteiger partial charge in [-0.2, -0.15) is 0 Å². The minimum absolute atomic E-state index is 0.492. The molecule has 2 N–H and O–H groups in total. The number of nitrogens with zero attached hydrogens (tertiary/aromatic N) is 2. The molecule has 1 heterocycles. The first-order valence-corrected chi connectivity index (χ1v) is 7.87. The smallest absolute Gasteiger partial charge is 0.218 e. The van der Waals surface area contributed by atoms with Gasteiger partial charge in [-0.3, -0.25) is 4.99 Å². The van der Waals surface area contributed by atoms with Gasteiger partial charge < -0.3 is 20.1 Å². The number of methoxy groups -OCH3 is 1. The van der Waals surface area contributed by atoms with Crippen LogP contribution in [0.5, 0.6) is 5.88 Å². The minimum atomic E-state index is 0.492. The van der Waals surface area contributed by atoms with Crippen LogP contribution in [0.4, 0.5) is 0 Å².